The molecular formula is C7H12N2O4S3. The number of nitrogens with one attached hydrogen (secondary N) is 1. The third-order valence-electron chi connectivity index (χ3n) is 1.65. The number of hydrogen-bond acceptors (Lipinski definition) is 5. The molecule has 0 radical (unpaired) electrons. The lowest BCUT2D eigenvalue weighted by atomic mass is 10.3. The molecule has 0 amide bonds. The van der Waals surface area contributed by atoms with Crippen LogP contribution in [0, 0.1) is 0 Å². The maximum absolute atomic E-state index is 11.0. The number of primary sulfonamides is 1. The molecule has 0 saturated heterocycles. The van der Waals surface area contributed by atoms with Crippen LogP contribution in [-0.2, 0) is 26.5 Å². The minimum atomic E-state index is -3.66. The van der Waals surface area contributed by atoms with Crippen molar-refractivity contribution in [1.82, 2.24) is 4.72 Å². The van der Waals surface area contributed by atoms with E-state index in [1.54, 1.807) is 6.07 Å². The number of hydrogen-bond donors (Lipinski definition) is 2. The van der Waals surface area contributed by atoms with Gasteiger partial charge in [-0.3, -0.25) is 0 Å². The quantitative estimate of drug-likeness (QED) is 0.759. The zero-order valence-corrected chi connectivity index (χ0v) is 11.0. The zero-order valence-electron chi connectivity index (χ0n) is 8.50. The number of thiophene rings is 1. The second-order valence-electron chi connectivity index (χ2n) is 3.18. The molecule has 0 aliphatic carbocycles. The Kier molecular flexibility index (Phi) is 4.07. The molecule has 3 N–H and O–H groups in total. The summed E-state index contributed by atoms with van der Waals surface area (Å²) in [7, 11) is -6.86. The summed E-state index contributed by atoms with van der Waals surface area (Å²) in [6.07, 6.45) is 1.50. The zero-order chi connectivity index (χ0) is 12.4. The van der Waals surface area contributed by atoms with Crippen molar-refractivity contribution >= 4 is 31.4 Å². The Hall–Kier alpha value is -0.480. The van der Waals surface area contributed by atoms with Gasteiger partial charge in [0.25, 0.3) is 0 Å². The summed E-state index contributed by atoms with van der Waals surface area (Å²) in [6.45, 7) is 0.239. The van der Waals surface area contributed by atoms with Crippen molar-refractivity contribution in [2.45, 2.75) is 10.6 Å². The van der Waals surface area contributed by atoms with Crippen LogP contribution in [0.4, 0.5) is 0 Å². The van der Waals surface area contributed by atoms with Gasteiger partial charge in [0.15, 0.2) is 0 Å². The minimum absolute atomic E-state index is 0.0851. The first-order valence-corrected chi connectivity index (χ1v) is 8.50. The van der Waals surface area contributed by atoms with Crippen LogP contribution in [0.5, 0.6) is 0 Å². The summed E-state index contributed by atoms with van der Waals surface area (Å²) in [6, 6.07) is 3.03. The Morgan fingerprint density at radius 1 is 1.31 bits per heavy atom. The molecule has 16 heavy (non-hydrogen) atoms. The van der Waals surface area contributed by atoms with E-state index in [0.717, 1.165) is 22.5 Å². The molecule has 0 atom stereocenters. The van der Waals surface area contributed by atoms with Gasteiger partial charge in [-0.05, 0) is 18.6 Å². The SMILES string of the molecule is CS(=O)(=O)NCCc1ccc(S(N)(=O)=O)s1. The predicted molar refractivity (Wildman–Crippen MR) is 62.2 cm³/mol. The highest BCUT2D eigenvalue weighted by Gasteiger charge is 2.11. The Bertz CT molecular complexity index is 558. The molecule has 0 aromatic carbocycles. The van der Waals surface area contributed by atoms with E-state index in [-0.39, 0.29) is 10.8 Å². The van der Waals surface area contributed by atoms with Gasteiger partial charge in [0.05, 0.1) is 6.26 Å². The number of sulfonamides is 2. The molecule has 0 bridgehead atoms. The molecular weight excluding hydrogens is 272 g/mol. The van der Waals surface area contributed by atoms with E-state index in [9.17, 15) is 16.8 Å². The predicted octanol–water partition coefficient (Wildman–Crippen LogP) is -0.513. The van der Waals surface area contributed by atoms with Crippen molar-refractivity contribution in [3.05, 3.63) is 17.0 Å². The normalized spacial score (nSPS) is 12.9. The standard InChI is InChI=1S/C7H12N2O4S3/c1-15(10,11)9-5-4-6-2-3-7(14-6)16(8,12)13/h2-3,9H,4-5H2,1H3,(H2,8,12,13). The van der Waals surface area contributed by atoms with Gasteiger partial charge in [-0.25, -0.2) is 26.7 Å². The maximum atomic E-state index is 11.0. The van der Waals surface area contributed by atoms with Gasteiger partial charge in [0.2, 0.25) is 20.0 Å². The summed E-state index contributed by atoms with van der Waals surface area (Å²) in [5.41, 5.74) is 0. The number of rotatable bonds is 5. The van der Waals surface area contributed by atoms with Crippen LogP contribution >= 0.6 is 11.3 Å². The summed E-state index contributed by atoms with van der Waals surface area (Å²) in [5, 5.41) is 4.94. The second-order valence-corrected chi connectivity index (χ2v) is 7.97. The van der Waals surface area contributed by atoms with Gasteiger partial charge in [-0.2, -0.15) is 0 Å². The highest BCUT2D eigenvalue weighted by atomic mass is 32.2. The fraction of sp³-hybridized carbons (Fsp3) is 0.429. The monoisotopic (exact) mass is 284 g/mol. The van der Waals surface area contributed by atoms with Crippen molar-refractivity contribution in [2.75, 3.05) is 12.8 Å². The van der Waals surface area contributed by atoms with Crippen molar-refractivity contribution in [3.8, 4) is 0 Å². The van der Waals surface area contributed by atoms with Crippen molar-refractivity contribution < 1.29 is 16.8 Å². The third-order valence-corrected chi connectivity index (χ3v) is 4.97. The molecule has 0 fully saturated rings. The topological polar surface area (TPSA) is 106 Å². The average Bonchev–Trinajstić information content (AvgIpc) is 2.49. The van der Waals surface area contributed by atoms with E-state index in [1.807, 2.05) is 0 Å². The van der Waals surface area contributed by atoms with Crippen LogP contribution in [-0.4, -0.2) is 29.6 Å². The molecule has 0 spiro atoms. The second kappa shape index (κ2) is 4.80. The highest BCUT2D eigenvalue weighted by molar-refractivity contribution is 7.91. The van der Waals surface area contributed by atoms with Crippen molar-refractivity contribution in [2.24, 2.45) is 5.14 Å². The van der Waals surface area contributed by atoms with Crippen LogP contribution in [0.2, 0.25) is 0 Å². The maximum Gasteiger partial charge on any atom is 0.247 e. The lowest BCUT2D eigenvalue weighted by Crippen LogP contribution is -2.24. The van der Waals surface area contributed by atoms with E-state index < -0.39 is 20.0 Å². The lowest BCUT2D eigenvalue weighted by molar-refractivity contribution is 0.588. The van der Waals surface area contributed by atoms with Crippen LogP contribution in [0.25, 0.3) is 0 Å². The molecule has 0 aliphatic rings. The fourth-order valence-electron chi connectivity index (χ4n) is 1.01. The van der Waals surface area contributed by atoms with Gasteiger partial charge >= 0.3 is 0 Å². The molecule has 1 aromatic heterocycles. The minimum Gasteiger partial charge on any atom is -0.224 e. The van der Waals surface area contributed by atoms with Gasteiger partial charge < -0.3 is 0 Å². The van der Waals surface area contributed by atoms with Gasteiger partial charge in [-0.15, -0.1) is 11.3 Å². The van der Waals surface area contributed by atoms with Crippen molar-refractivity contribution in [3.63, 3.8) is 0 Å². The van der Waals surface area contributed by atoms with Crippen LogP contribution in [0.1, 0.15) is 4.88 Å². The van der Waals surface area contributed by atoms with Crippen LogP contribution < -0.4 is 9.86 Å². The molecule has 0 aliphatic heterocycles. The fourth-order valence-corrected chi connectivity index (χ4v) is 3.26. The molecule has 0 saturated carbocycles. The molecule has 92 valence electrons. The van der Waals surface area contributed by atoms with Crippen LogP contribution in [0.3, 0.4) is 0 Å². The summed E-state index contributed by atoms with van der Waals surface area (Å²) < 4.78 is 45.8. The molecule has 9 heteroatoms. The Morgan fingerprint density at radius 2 is 1.94 bits per heavy atom. The molecule has 1 rings (SSSR count). The Morgan fingerprint density at radius 3 is 2.38 bits per heavy atom. The van der Waals surface area contributed by atoms with Gasteiger partial charge in [0, 0.05) is 11.4 Å². The largest absolute Gasteiger partial charge is 0.247 e. The van der Waals surface area contributed by atoms with E-state index in [2.05, 4.69) is 4.72 Å². The first-order chi connectivity index (χ1) is 7.18. The van der Waals surface area contributed by atoms with E-state index in [1.165, 1.54) is 6.07 Å². The van der Waals surface area contributed by atoms with Gasteiger partial charge in [0.1, 0.15) is 4.21 Å². The lowest BCUT2D eigenvalue weighted by Gasteiger charge is -1.99. The van der Waals surface area contributed by atoms with E-state index in [0.29, 0.717) is 6.42 Å². The Labute approximate surface area is 98.6 Å². The van der Waals surface area contributed by atoms with Crippen LogP contribution in [0.15, 0.2) is 16.3 Å². The smallest absolute Gasteiger partial charge is 0.224 e. The van der Waals surface area contributed by atoms with Crippen molar-refractivity contribution in [1.29, 1.82) is 0 Å². The number of nitrogens with two attached hydrogens (primary N) is 1. The van der Waals surface area contributed by atoms with Gasteiger partial charge in [-0.1, -0.05) is 0 Å². The molecule has 6 nitrogen and oxygen atoms in total. The summed E-state index contributed by atoms with van der Waals surface area (Å²) in [4.78, 5) is 0.764. The summed E-state index contributed by atoms with van der Waals surface area (Å²) in [5.74, 6) is 0. The molecule has 0 unspecified atom stereocenters. The highest BCUT2D eigenvalue weighted by Crippen LogP contribution is 2.20. The van der Waals surface area contributed by atoms with E-state index in [4.69, 9.17) is 5.14 Å². The summed E-state index contributed by atoms with van der Waals surface area (Å²) >= 11 is 1.04. The van der Waals surface area contributed by atoms with E-state index >= 15 is 0 Å². The molecule has 1 aromatic rings. The third kappa shape index (κ3) is 4.58. The average molecular weight is 284 g/mol. The Balaban J connectivity index is 2.61. The first-order valence-electron chi connectivity index (χ1n) is 4.24. The first kappa shape index (κ1) is 13.6. The molecule has 1 heterocycles.